The molecule has 1 N–H and O–H groups in total. The summed E-state index contributed by atoms with van der Waals surface area (Å²) in [5.41, 5.74) is 4.65. The fourth-order valence-electron chi connectivity index (χ4n) is 3.35. The van der Waals surface area contributed by atoms with Crippen molar-refractivity contribution in [3.8, 4) is 0 Å². The highest BCUT2D eigenvalue weighted by Gasteiger charge is 2.27. The van der Waals surface area contributed by atoms with Crippen LogP contribution in [-0.4, -0.2) is 40.2 Å². The Hall–Kier alpha value is -3.36. The number of anilines is 2. The lowest BCUT2D eigenvalue weighted by Gasteiger charge is -2.23. The molecule has 0 unspecified atom stereocenters. The summed E-state index contributed by atoms with van der Waals surface area (Å²) in [6, 6.07) is 22.0. The number of hydrogen-bond donors (Lipinski definition) is 1. The van der Waals surface area contributed by atoms with Gasteiger partial charge in [0.25, 0.3) is 15.9 Å². The van der Waals surface area contributed by atoms with Crippen molar-refractivity contribution in [3.63, 3.8) is 0 Å². The molecule has 0 aliphatic carbocycles. The van der Waals surface area contributed by atoms with Crippen LogP contribution in [0, 0.1) is 0 Å². The van der Waals surface area contributed by atoms with Crippen molar-refractivity contribution in [2.24, 2.45) is 5.10 Å². The smallest absolute Gasteiger partial charge is 0.264 e. The molecule has 0 spiro atoms. The molecular formula is C25H27ClN4O3S. The molecule has 0 aliphatic rings. The fraction of sp³-hybridized carbons (Fsp3) is 0.200. The summed E-state index contributed by atoms with van der Waals surface area (Å²) in [5, 5.41) is 4.45. The van der Waals surface area contributed by atoms with Gasteiger partial charge in [-0.1, -0.05) is 41.9 Å². The Labute approximate surface area is 205 Å². The summed E-state index contributed by atoms with van der Waals surface area (Å²) >= 11 is 5.95. The highest BCUT2D eigenvalue weighted by Crippen LogP contribution is 2.25. The molecule has 9 heteroatoms. The van der Waals surface area contributed by atoms with Crippen molar-refractivity contribution in [3.05, 3.63) is 89.4 Å². The van der Waals surface area contributed by atoms with Crippen LogP contribution in [0.2, 0.25) is 5.02 Å². The van der Waals surface area contributed by atoms with E-state index in [1.165, 1.54) is 18.3 Å². The molecule has 0 aromatic heterocycles. The van der Waals surface area contributed by atoms with E-state index < -0.39 is 22.5 Å². The Morgan fingerprint density at radius 1 is 0.912 bits per heavy atom. The lowest BCUT2D eigenvalue weighted by Crippen LogP contribution is -2.39. The summed E-state index contributed by atoms with van der Waals surface area (Å²) in [5.74, 6) is -0.578. The van der Waals surface area contributed by atoms with Crippen LogP contribution in [0.15, 0.2) is 88.9 Å². The molecule has 34 heavy (non-hydrogen) atoms. The first kappa shape index (κ1) is 25.3. The summed E-state index contributed by atoms with van der Waals surface area (Å²) in [7, 11) is -3.98. The van der Waals surface area contributed by atoms with E-state index in [1.807, 2.05) is 24.3 Å². The van der Waals surface area contributed by atoms with Gasteiger partial charge in [-0.3, -0.25) is 9.10 Å². The van der Waals surface area contributed by atoms with Crippen LogP contribution in [-0.2, 0) is 14.8 Å². The molecule has 3 aromatic carbocycles. The Morgan fingerprint density at radius 3 is 2.09 bits per heavy atom. The van der Waals surface area contributed by atoms with E-state index in [-0.39, 0.29) is 4.90 Å². The number of nitrogens with zero attached hydrogens (tertiary/aromatic N) is 3. The quantitative estimate of drug-likeness (QED) is 0.329. The first-order valence-corrected chi connectivity index (χ1v) is 12.7. The van der Waals surface area contributed by atoms with Gasteiger partial charge >= 0.3 is 0 Å². The average molecular weight is 499 g/mol. The molecular weight excluding hydrogens is 472 g/mol. The van der Waals surface area contributed by atoms with Gasteiger partial charge in [0.2, 0.25) is 0 Å². The zero-order valence-electron chi connectivity index (χ0n) is 19.1. The van der Waals surface area contributed by atoms with Crippen LogP contribution >= 0.6 is 11.6 Å². The van der Waals surface area contributed by atoms with Crippen LogP contribution < -0.4 is 14.6 Å². The number of hydrogen-bond acceptors (Lipinski definition) is 5. The van der Waals surface area contributed by atoms with Crippen molar-refractivity contribution < 1.29 is 13.2 Å². The molecule has 0 fully saturated rings. The molecule has 178 valence electrons. The summed E-state index contributed by atoms with van der Waals surface area (Å²) < 4.78 is 27.5. The lowest BCUT2D eigenvalue weighted by molar-refractivity contribution is -0.119. The summed E-state index contributed by atoms with van der Waals surface area (Å²) in [6.07, 6.45) is 1.52. The average Bonchev–Trinajstić information content (AvgIpc) is 2.85. The number of rotatable bonds is 10. The standard InChI is InChI=1S/C25H27ClN4O3S/c1-3-29(4-2)22-14-10-20(11-15-22)18-27-28-25(31)19-30(23-16-12-21(26)13-17-23)34(32,33)24-8-6-5-7-9-24/h5-18H,3-4,19H2,1-2H3,(H,28,31)/b27-18-. The van der Waals surface area contributed by atoms with Crippen molar-refractivity contribution >= 4 is 45.1 Å². The summed E-state index contributed by atoms with van der Waals surface area (Å²) in [6.45, 7) is 5.57. The third kappa shape index (κ3) is 6.36. The van der Waals surface area contributed by atoms with Crippen molar-refractivity contribution in [1.29, 1.82) is 0 Å². The third-order valence-electron chi connectivity index (χ3n) is 5.16. The summed E-state index contributed by atoms with van der Waals surface area (Å²) in [4.78, 5) is 14.9. The topological polar surface area (TPSA) is 82.1 Å². The van der Waals surface area contributed by atoms with Gasteiger partial charge in [0.15, 0.2) is 0 Å². The maximum absolute atomic E-state index is 13.3. The minimum absolute atomic E-state index is 0.0783. The Bertz CT molecular complexity index is 1210. The van der Waals surface area contributed by atoms with Crippen LogP contribution in [0.5, 0.6) is 0 Å². The number of carbonyl (C=O) groups is 1. The number of sulfonamides is 1. The molecule has 3 aromatic rings. The molecule has 0 bridgehead atoms. The van der Waals surface area contributed by atoms with Crippen LogP contribution in [0.4, 0.5) is 11.4 Å². The first-order valence-electron chi connectivity index (χ1n) is 10.9. The SMILES string of the molecule is CCN(CC)c1ccc(/C=N\NC(=O)CN(c2ccc(Cl)cc2)S(=O)(=O)c2ccccc2)cc1. The van der Waals surface area contributed by atoms with E-state index in [4.69, 9.17) is 11.6 Å². The second-order valence-corrected chi connectivity index (χ2v) is 9.66. The van der Waals surface area contributed by atoms with Gasteiger partial charge < -0.3 is 4.90 Å². The molecule has 0 saturated heterocycles. The highest BCUT2D eigenvalue weighted by molar-refractivity contribution is 7.92. The van der Waals surface area contributed by atoms with Gasteiger partial charge in [0.1, 0.15) is 6.54 Å². The number of nitrogens with one attached hydrogen (secondary N) is 1. The van der Waals surface area contributed by atoms with Gasteiger partial charge in [-0.2, -0.15) is 5.10 Å². The second-order valence-electron chi connectivity index (χ2n) is 7.36. The second kappa shape index (κ2) is 11.7. The zero-order chi connectivity index (χ0) is 24.6. The van der Waals surface area contributed by atoms with Gasteiger partial charge in [0, 0.05) is 23.8 Å². The van der Waals surface area contributed by atoms with Gasteiger partial charge in [0.05, 0.1) is 16.8 Å². The first-order chi connectivity index (χ1) is 16.3. The molecule has 0 radical (unpaired) electrons. The van der Waals surface area contributed by atoms with E-state index >= 15 is 0 Å². The maximum atomic E-state index is 13.3. The number of benzene rings is 3. The Morgan fingerprint density at radius 2 is 1.50 bits per heavy atom. The largest absolute Gasteiger partial charge is 0.372 e. The lowest BCUT2D eigenvalue weighted by atomic mass is 10.2. The van der Waals surface area contributed by atoms with E-state index in [0.29, 0.717) is 10.7 Å². The predicted molar refractivity (Wildman–Crippen MR) is 138 cm³/mol. The number of hydrazone groups is 1. The van der Waals surface area contributed by atoms with E-state index in [9.17, 15) is 13.2 Å². The van der Waals surface area contributed by atoms with E-state index in [0.717, 1.165) is 28.6 Å². The minimum Gasteiger partial charge on any atom is -0.372 e. The molecule has 0 heterocycles. The fourth-order valence-corrected chi connectivity index (χ4v) is 4.91. The minimum atomic E-state index is -3.98. The van der Waals surface area contributed by atoms with E-state index in [2.05, 4.69) is 29.3 Å². The van der Waals surface area contributed by atoms with Crippen molar-refractivity contribution in [2.75, 3.05) is 28.8 Å². The number of amides is 1. The zero-order valence-corrected chi connectivity index (χ0v) is 20.6. The maximum Gasteiger partial charge on any atom is 0.264 e. The molecule has 0 aliphatic heterocycles. The molecule has 7 nitrogen and oxygen atoms in total. The van der Waals surface area contributed by atoms with Crippen LogP contribution in [0.3, 0.4) is 0 Å². The molecule has 0 atom stereocenters. The highest BCUT2D eigenvalue weighted by atomic mass is 35.5. The van der Waals surface area contributed by atoms with Gasteiger partial charge in [-0.05, 0) is 67.9 Å². The Balaban J connectivity index is 1.74. The normalized spacial score (nSPS) is 11.4. The van der Waals surface area contributed by atoms with E-state index in [1.54, 1.807) is 42.5 Å². The van der Waals surface area contributed by atoms with Crippen LogP contribution in [0.1, 0.15) is 19.4 Å². The predicted octanol–water partition coefficient (Wildman–Crippen LogP) is 4.53. The molecule has 0 saturated carbocycles. The number of carbonyl (C=O) groups excluding carboxylic acids is 1. The van der Waals surface area contributed by atoms with Crippen molar-refractivity contribution in [1.82, 2.24) is 5.43 Å². The third-order valence-corrected chi connectivity index (χ3v) is 7.20. The Kier molecular flexibility index (Phi) is 8.67. The van der Waals surface area contributed by atoms with Crippen LogP contribution in [0.25, 0.3) is 0 Å². The molecule has 3 rings (SSSR count). The van der Waals surface area contributed by atoms with Gasteiger partial charge in [-0.25, -0.2) is 13.8 Å². The van der Waals surface area contributed by atoms with Gasteiger partial charge in [-0.15, -0.1) is 0 Å². The van der Waals surface area contributed by atoms with Crippen molar-refractivity contribution in [2.45, 2.75) is 18.7 Å². The molecule has 1 amide bonds. The monoisotopic (exact) mass is 498 g/mol. The number of halogens is 1.